The minimum Gasteiger partial charge on any atom is -0.423 e. The van der Waals surface area contributed by atoms with E-state index in [1.165, 1.54) is 18.2 Å². The molecule has 3 rings (SSSR count). The molecule has 0 spiro atoms. The van der Waals surface area contributed by atoms with Crippen molar-refractivity contribution in [2.45, 2.75) is 19.9 Å². The first-order valence-electron chi connectivity index (χ1n) is 7.61. The summed E-state index contributed by atoms with van der Waals surface area (Å²) in [6, 6.07) is 13.5. The first-order valence-corrected chi connectivity index (χ1v) is 7.61. The molecule has 0 atom stereocenters. The van der Waals surface area contributed by atoms with Gasteiger partial charge >= 0.3 is 5.63 Å². The molecule has 0 unspecified atom stereocenters. The average Bonchev–Trinajstić information content (AvgIpc) is 2.59. The second-order valence-electron chi connectivity index (χ2n) is 5.44. The standard InChI is InChI=1S/C18H16N2O4/c1-2-12-6-7-16-13(9-18(21)24-17(16)8-12)11-19-14-4-3-5-15(10-14)20(22)23/h3-10,19H,2,11H2,1H3. The summed E-state index contributed by atoms with van der Waals surface area (Å²) in [5.74, 6) is 0. The number of rotatable bonds is 5. The van der Waals surface area contributed by atoms with Gasteiger partial charge in [0.1, 0.15) is 5.58 Å². The number of nitro groups is 1. The third-order valence-electron chi connectivity index (χ3n) is 3.84. The summed E-state index contributed by atoms with van der Waals surface area (Å²) in [7, 11) is 0. The second-order valence-corrected chi connectivity index (χ2v) is 5.44. The van der Waals surface area contributed by atoms with Crippen molar-refractivity contribution in [3.05, 3.63) is 80.2 Å². The zero-order chi connectivity index (χ0) is 17.1. The van der Waals surface area contributed by atoms with Gasteiger partial charge in [0, 0.05) is 35.8 Å². The second kappa shape index (κ2) is 6.54. The number of nitrogens with one attached hydrogen (secondary N) is 1. The highest BCUT2D eigenvalue weighted by Gasteiger charge is 2.08. The Kier molecular flexibility index (Phi) is 4.29. The van der Waals surface area contributed by atoms with Gasteiger partial charge in [-0.15, -0.1) is 0 Å². The minimum absolute atomic E-state index is 0.0185. The normalized spacial score (nSPS) is 10.7. The van der Waals surface area contributed by atoms with Crippen LogP contribution in [0.5, 0.6) is 0 Å². The Hall–Kier alpha value is -3.15. The largest absolute Gasteiger partial charge is 0.423 e. The van der Waals surface area contributed by atoms with E-state index in [0.29, 0.717) is 17.8 Å². The summed E-state index contributed by atoms with van der Waals surface area (Å²) in [5.41, 5.74) is 2.66. The van der Waals surface area contributed by atoms with E-state index in [0.717, 1.165) is 22.9 Å². The maximum Gasteiger partial charge on any atom is 0.336 e. The van der Waals surface area contributed by atoms with Gasteiger partial charge in [-0.25, -0.2) is 4.79 Å². The van der Waals surface area contributed by atoms with Crippen LogP contribution in [-0.2, 0) is 13.0 Å². The van der Waals surface area contributed by atoms with Crippen LogP contribution in [0.1, 0.15) is 18.1 Å². The van der Waals surface area contributed by atoms with Gasteiger partial charge in [0.15, 0.2) is 0 Å². The number of nitro benzene ring substituents is 1. The van der Waals surface area contributed by atoms with Crippen molar-refractivity contribution >= 4 is 22.3 Å². The van der Waals surface area contributed by atoms with Crippen molar-refractivity contribution in [2.24, 2.45) is 0 Å². The highest BCUT2D eigenvalue weighted by Crippen LogP contribution is 2.22. The molecule has 6 nitrogen and oxygen atoms in total. The Bertz CT molecular complexity index is 963. The fourth-order valence-corrected chi connectivity index (χ4v) is 2.57. The molecule has 0 aliphatic rings. The van der Waals surface area contributed by atoms with Crippen LogP contribution in [0.2, 0.25) is 0 Å². The summed E-state index contributed by atoms with van der Waals surface area (Å²) < 4.78 is 5.27. The minimum atomic E-state index is -0.440. The topological polar surface area (TPSA) is 85.4 Å². The summed E-state index contributed by atoms with van der Waals surface area (Å²) in [4.78, 5) is 22.2. The number of nitrogens with zero attached hydrogens (tertiary/aromatic N) is 1. The van der Waals surface area contributed by atoms with Crippen LogP contribution in [0.3, 0.4) is 0 Å². The van der Waals surface area contributed by atoms with E-state index in [-0.39, 0.29) is 5.69 Å². The Morgan fingerprint density at radius 3 is 2.75 bits per heavy atom. The van der Waals surface area contributed by atoms with Gasteiger partial charge in [-0.05, 0) is 29.7 Å². The average molecular weight is 324 g/mol. The van der Waals surface area contributed by atoms with E-state index in [1.54, 1.807) is 12.1 Å². The molecule has 0 amide bonds. The van der Waals surface area contributed by atoms with Crippen LogP contribution >= 0.6 is 0 Å². The molecule has 0 fully saturated rings. The van der Waals surface area contributed by atoms with Gasteiger partial charge < -0.3 is 9.73 Å². The molecule has 2 aromatic carbocycles. The molecule has 0 saturated carbocycles. The Balaban J connectivity index is 1.91. The lowest BCUT2D eigenvalue weighted by atomic mass is 10.1. The summed E-state index contributed by atoms with van der Waals surface area (Å²) >= 11 is 0. The predicted octanol–water partition coefficient (Wildman–Crippen LogP) is 3.88. The van der Waals surface area contributed by atoms with Gasteiger partial charge in [0.2, 0.25) is 0 Å². The lowest BCUT2D eigenvalue weighted by Gasteiger charge is -2.09. The van der Waals surface area contributed by atoms with Crippen molar-refractivity contribution in [2.75, 3.05) is 5.32 Å². The Morgan fingerprint density at radius 2 is 2.00 bits per heavy atom. The molecule has 3 aromatic rings. The lowest BCUT2D eigenvalue weighted by molar-refractivity contribution is -0.384. The van der Waals surface area contributed by atoms with E-state index < -0.39 is 10.5 Å². The number of non-ortho nitro benzene ring substituents is 1. The molecule has 1 N–H and O–H groups in total. The smallest absolute Gasteiger partial charge is 0.336 e. The van der Waals surface area contributed by atoms with Crippen LogP contribution in [0.25, 0.3) is 11.0 Å². The van der Waals surface area contributed by atoms with Gasteiger partial charge in [0.05, 0.1) is 4.92 Å². The van der Waals surface area contributed by atoms with E-state index in [2.05, 4.69) is 5.32 Å². The molecular weight excluding hydrogens is 308 g/mol. The Labute approximate surface area is 137 Å². The van der Waals surface area contributed by atoms with Gasteiger partial charge in [0.25, 0.3) is 5.69 Å². The maximum atomic E-state index is 11.8. The molecule has 0 aliphatic carbocycles. The van der Waals surface area contributed by atoms with Crippen LogP contribution < -0.4 is 10.9 Å². The van der Waals surface area contributed by atoms with Crippen LogP contribution in [0.4, 0.5) is 11.4 Å². The van der Waals surface area contributed by atoms with Crippen LogP contribution in [-0.4, -0.2) is 4.92 Å². The molecule has 0 bridgehead atoms. The van der Waals surface area contributed by atoms with Crippen LogP contribution in [0.15, 0.2) is 57.7 Å². The van der Waals surface area contributed by atoms with Gasteiger partial charge in [-0.1, -0.05) is 25.1 Å². The first kappa shape index (κ1) is 15.7. The quantitative estimate of drug-likeness (QED) is 0.437. The van der Waals surface area contributed by atoms with Crippen molar-refractivity contribution in [3.63, 3.8) is 0 Å². The zero-order valence-corrected chi connectivity index (χ0v) is 13.1. The predicted molar refractivity (Wildman–Crippen MR) is 92.3 cm³/mol. The highest BCUT2D eigenvalue weighted by atomic mass is 16.6. The highest BCUT2D eigenvalue weighted by molar-refractivity contribution is 5.81. The molecule has 6 heteroatoms. The van der Waals surface area contributed by atoms with Crippen molar-refractivity contribution in [1.29, 1.82) is 0 Å². The lowest BCUT2D eigenvalue weighted by Crippen LogP contribution is -2.06. The molecule has 0 saturated heterocycles. The van der Waals surface area contributed by atoms with E-state index >= 15 is 0 Å². The fraction of sp³-hybridized carbons (Fsp3) is 0.167. The maximum absolute atomic E-state index is 11.8. The molecular formula is C18H16N2O4. The number of hydrogen-bond acceptors (Lipinski definition) is 5. The number of fused-ring (bicyclic) bond motifs is 1. The molecule has 0 radical (unpaired) electrons. The monoisotopic (exact) mass is 324 g/mol. The van der Waals surface area contributed by atoms with E-state index in [4.69, 9.17) is 4.42 Å². The number of anilines is 1. The van der Waals surface area contributed by atoms with E-state index in [9.17, 15) is 14.9 Å². The summed E-state index contributed by atoms with van der Waals surface area (Å²) in [6.07, 6.45) is 0.857. The van der Waals surface area contributed by atoms with Gasteiger partial charge in [-0.2, -0.15) is 0 Å². The van der Waals surface area contributed by atoms with Crippen molar-refractivity contribution in [3.8, 4) is 0 Å². The zero-order valence-electron chi connectivity index (χ0n) is 13.1. The van der Waals surface area contributed by atoms with Crippen LogP contribution in [0, 0.1) is 10.1 Å². The molecule has 24 heavy (non-hydrogen) atoms. The molecule has 1 aromatic heterocycles. The molecule has 122 valence electrons. The fourth-order valence-electron chi connectivity index (χ4n) is 2.57. The summed E-state index contributed by atoms with van der Waals surface area (Å²) in [5, 5.41) is 14.8. The van der Waals surface area contributed by atoms with Gasteiger partial charge in [-0.3, -0.25) is 10.1 Å². The van der Waals surface area contributed by atoms with Crippen molar-refractivity contribution < 1.29 is 9.34 Å². The Morgan fingerprint density at radius 1 is 1.17 bits per heavy atom. The molecule has 0 aliphatic heterocycles. The third-order valence-corrected chi connectivity index (χ3v) is 3.84. The van der Waals surface area contributed by atoms with Crippen molar-refractivity contribution in [1.82, 2.24) is 0 Å². The first-order chi connectivity index (χ1) is 11.6. The summed E-state index contributed by atoms with van der Waals surface area (Å²) in [6.45, 7) is 2.40. The molecule has 1 heterocycles. The van der Waals surface area contributed by atoms with E-state index in [1.807, 2.05) is 25.1 Å². The number of aryl methyl sites for hydroxylation is 1. The number of benzene rings is 2. The SMILES string of the molecule is CCc1ccc2c(CNc3cccc([N+](=O)[O-])c3)cc(=O)oc2c1. The number of hydrogen-bond donors (Lipinski definition) is 1. The third kappa shape index (κ3) is 3.27.